The van der Waals surface area contributed by atoms with Gasteiger partial charge in [0.1, 0.15) is 5.69 Å². The zero-order chi connectivity index (χ0) is 24.8. The quantitative estimate of drug-likeness (QED) is 0.265. The minimum Gasteiger partial charge on any atom is -0.300 e. The van der Waals surface area contributed by atoms with Crippen molar-refractivity contribution in [2.24, 2.45) is 0 Å². The number of fused-ring (bicyclic) bond motifs is 1. The number of rotatable bonds is 3. The Morgan fingerprint density at radius 1 is 0.765 bits per heavy atom. The average Bonchev–Trinajstić information content (AvgIpc) is 2.76. The molecule has 0 aliphatic carbocycles. The van der Waals surface area contributed by atoms with Gasteiger partial charge in [0.25, 0.3) is 5.56 Å². The highest BCUT2D eigenvalue weighted by Crippen LogP contribution is 2.32. The lowest BCUT2D eigenvalue weighted by Gasteiger charge is -2.15. The van der Waals surface area contributed by atoms with Crippen LogP contribution in [-0.4, -0.2) is 9.55 Å². The van der Waals surface area contributed by atoms with E-state index in [4.69, 9.17) is 23.2 Å². The molecule has 4 aromatic rings. The number of hydrogen-bond donors (Lipinski definition) is 0. The van der Waals surface area contributed by atoms with Gasteiger partial charge < -0.3 is 4.57 Å². The molecule has 0 aliphatic rings. The second kappa shape index (κ2) is 8.63. The van der Waals surface area contributed by atoms with Crippen LogP contribution < -0.4 is 5.56 Å². The molecular weight excluding hydrogens is 505 g/mol. The van der Waals surface area contributed by atoms with Gasteiger partial charge in [0, 0.05) is 5.56 Å². The molecule has 0 N–H and O–H groups in total. The van der Waals surface area contributed by atoms with Crippen molar-refractivity contribution in [2.45, 2.75) is 18.9 Å². The van der Waals surface area contributed by atoms with Gasteiger partial charge in [-0.15, -0.1) is 0 Å². The fraction of sp³-hybridized carbons (Fsp3) is 0.130. The third kappa shape index (κ3) is 4.76. The van der Waals surface area contributed by atoms with Crippen molar-refractivity contribution in [3.8, 4) is 11.3 Å². The van der Waals surface area contributed by atoms with E-state index in [0.717, 1.165) is 36.4 Å². The zero-order valence-corrected chi connectivity index (χ0v) is 18.3. The first-order valence-electron chi connectivity index (χ1n) is 9.58. The molecule has 0 saturated heterocycles. The number of halogens is 8. The first-order chi connectivity index (χ1) is 15.8. The van der Waals surface area contributed by atoms with Crippen LogP contribution in [0.5, 0.6) is 0 Å². The van der Waals surface area contributed by atoms with E-state index in [0.29, 0.717) is 5.56 Å². The lowest BCUT2D eigenvalue weighted by molar-refractivity contribution is -0.138. The summed E-state index contributed by atoms with van der Waals surface area (Å²) in [7, 11) is 0. The maximum atomic E-state index is 13.3. The lowest BCUT2D eigenvalue weighted by Crippen LogP contribution is -2.24. The summed E-state index contributed by atoms with van der Waals surface area (Å²) in [5.74, 6) is 0. The zero-order valence-electron chi connectivity index (χ0n) is 16.8. The fourth-order valence-corrected chi connectivity index (χ4v) is 3.70. The van der Waals surface area contributed by atoms with E-state index in [1.807, 2.05) is 0 Å². The van der Waals surface area contributed by atoms with E-state index in [1.165, 1.54) is 28.8 Å². The summed E-state index contributed by atoms with van der Waals surface area (Å²) in [4.78, 5) is 17.6. The Morgan fingerprint density at radius 3 is 1.79 bits per heavy atom. The maximum Gasteiger partial charge on any atom is 0.416 e. The number of alkyl halides is 6. The van der Waals surface area contributed by atoms with Gasteiger partial charge >= 0.3 is 12.4 Å². The molecule has 0 spiro atoms. The molecule has 11 heteroatoms. The van der Waals surface area contributed by atoms with Crippen LogP contribution in [0, 0.1) is 0 Å². The molecular formula is C23H12Cl2F6N2O. The highest BCUT2D eigenvalue weighted by atomic mass is 35.5. The molecule has 176 valence electrons. The van der Waals surface area contributed by atoms with Crippen LogP contribution in [0.3, 0.4) is 0 Å². The molecule has 0 radical (unpaired) electrons. The summed E-state index contributed by atoms with van der Waals surface area (Å²) in [6, 6.07) is 11.0. The molecule has 0 fully saturated rings. The second-order valence-corrected chi connectivity index (χ2v) is 8.19. The molecule has 0 atom stereocenters. The molecule has 0 bridgehead atoms. The first kappa shape index (κ1) is 24.1. The van der Waals surface area contributed by atoms with Gasteiger partial charge in [-0.25, -0.2) is 4.98 Å². The normalized spacial score (nSPS) is 12.4. The second-order valence-electron chi connectivity index (χ2n) is 7.38. The van der Waals surface area contributed by atoms with Gasteiger partial charge in [0.15, 0.2) is 0 Å². The van der Waals surface area contributed by atoms with E-state index in [2.05, 4.69) is 4.98 Å². The third-order valence-corrected chi connectivity index (χ3v) is 5.82. The van der Waals surface area contributed by atoms with E-state index >= 15 is 0 Å². The van der Waals surface area contributed by atoms with E-state index < -0.39 is 29.0 Å². The first-order valence-corrected chi connectivity index (χ1v) is 10.3. The van der Waals surface area contributed by atoms with Crippen LogP contribution >= 0.6 is 23.2 Å². The summed E-state index contributed by atoms with van der Waals surface area (Å²) < 4.78 is 78.6. The number of aromatic nitrogens is 2. The molecule has 34 heavy (non-hydrogen) atoms. The Bertz CT molecular complexity index is 1430. The van der Waals surface area contributed by atoms with E-state index in [1.54, 1.807) is 0 Å². The summed E-state index contributed by atoms with van der Waals surface area (Å²) in [5, 5.41) is 0.263. The molecule has 0 unspecified atom stereocenters. The van der Waals surface area contributed by atoms with Crippen molar-refractivity contribution < 1.29 is 26.3 Å². The smallest absolute Gasteiger partial charge is 0.300 e. The number of nitrogens with zero attached hydrogens (tertiary/aromatic N) is 2. The SMILES string of the molecule is O=c1c(-c2ccc(C(F)(F)F)cc2)nc2cc(Cl)c(Cl)cc2n1Cc1ccc(C(F)(F)F)cc1. The van der Waals surface area contributed by atoms with Crippen molar-refractivity contribution in [2.75, 3.05) is 0 Å². The van der Waals surface area contributed by atoms with Gasteiger partial charge in [-0.2, -0.15) is 26.3 Å². The molecule has 0 saturated carbocycles. The summed E-state index contributed by atoms with van der Waals surface area (Å²) >= 11 is 12.2. The third-order valence-electron chi connectivity index (χ3n) is 5.10. The maximum absolute atomic E-state index is 13.3. The fourth-order valence-electron chi connectivity index (χ4n) is 3.38. The topological polar surface area (TPSA) is 34.9 Å². The molecule has 1 heterocycles. The van der Waals surface area contributed by atoms with Crippen LogP contribution in [0.2, 0.25) is 10.0 Å². The van der Waals surface area contributed by atoms with Crippen LogP contribution in [0.1, 0.15) is 16.7 Å². The van der Waals surface area contributed by atoms with Crippen LogP contribution in [0.15, 0.2) is 65.5 Å². The van der Waals surface area contributed by atoms with E-state index in [-0.39, 0.29) is 38.9 Å². The largest absolute Gasteiger partial charge is 0.416 e. The van der Waals surface area contributed by atoms with Crippen LogP contribution in [-0.2, 0) is 18.9 Å². The molecule has 0 amide bonds. The van der Waals surface area contributed by atoms with Gasteiger partial charge in [-0.1, -0.05) is 47.5 Å². The van der Waals surface area contributed by atoms with Crippen LogP contribution in [0.25, 0.3) is 22.3 Å². The van der Waals surface area contributed by atoms with Gasteiger partial charge in [0.05, 0.1) is 38.8 Å². The molecule has 3 nitrogen and oxygen atoms in total. The van der Waals surface area contributed by atoms with Crippen molar-refractivity contribution in [3.63, 3.8) is 0 Å². The van der Waals surface area contributed by atoms with Crippen molar-refractivity contribution in [1.29, 1.82) is 0 Å². The number of hydrogen-bond acceptors (Lipinski definition) is 2. The monoisotopic (exact) mass is 516 g/mol. The molecule has 1 aromatic heterocycles. The highest BCUT2D eigenvalue weighted by molar-refractivity contribution is 6.42. The van der Waals surface area contributed by atoms with Gasteiger partial charge in [-0.3, -0.25) is 4.79 Å². The molecule has 0 aliphatic heterocycles. The summed E-state index contributed by atoms with van der Waals surface area (Å²) in [6.45, 7) is -0.137. The Kier molecular flexibility index (Phi) is 6.12. The lowest BCUT2D eigenvalue weighted by atomic mass is 10.1. The Balaban J connectivity index is 1.87. The molecule has 4 rings (SSSR count). The molecule has 3 aromatic carbocycles. The van der Waals surface area contributed by atoms with Crippen molar-refractivity contribution in [1.82, 2.24) is 9.55 Å². The van der Waals surface area contributed by atoms with Gasteiger partial charge in [-0.05, 0) is 42.0 Å². The van der Waals surface area contributed by atoms with Crippen molar-refractivity contribution >= 4 is 34.2 Å². The predicted octanol–water partition coefficient (Wildman–Crippen LogP) is 7.46. The Labute approximate surface area is 198 Å². The minimum atomic E-state index is -4.55. The van der Waals surface area contributed by atoms with Crippen LogP contribution in [0.4, 0.5) is 26.3 Å². The Morgan fingerprint density at radius 2 is 1.26 bits per heavy atom. The predicted molar refractivity (Wildman–Crippen MR) is 117 cm³/mol. The minimum absolute atomic E-state index is 0.124. The van der Waals surface area contributed by atoms with Gasteiger partial charge in [0.2, 0.25) is 0 Å². The summed E-state index contributed by atoms with van der Waals surface area (Å²) in [6.07, 6.45) is -9.07. The highest BCUT2D eigenvalue weighted by Gasteiger charge is 2.31. The average molecular weight is 517 g/mol. The standard InChI is InChI=1S/C23H12Cl2F6N2O/c24-16-9-18-19(10-17(16)25)33(11-12-1-5-14(6-2-12)22(26,27)28)21(34)20(32-18)13-3-7-15(8-4-13)23(29,30)31/h1-10H,11H2. The van der Waals surface area contributed by atoms with E-state index in [9.17, 15) is 31.1 Å². The van der Waals surface area contributed by atoms with Crippen molar-refractivity contribution in [3.05, 3.63) is 97.8 Å². The summed E-state index contributed by atoms with van der Waals surface area (Å²) in [5.41, 5.74) is -1.54. The number of benzene rings is 3. The Hall–Kier alpha value is -3.04.